The summed E-state index contributed by atoms with van der Waals surface area (Å²) in [6.45, 7) is 1.51. The van der Waals surface area contributed by atoms with E-state index in [1.807, 2.05) is 30.3 Å². The molecule has 7 N–H and O–H groups in total. The maximum absolute atomic E-state index is 13.2. The molecule has 0 unspecified atom stereocenters. The minimum absolute atomic E-state index is 0.0470. The van der Waals surface area contributed by atoms with Crippen LogP contribution in [0.1, 0.15) is 31.4 Å². The van der Waals surface area contributed by atoms with Gasteiger partial charge in [-0.05, 0) is 18.3 Å². The van der Waals surface area contributed by atoms with E-state index < -0.39 is 40.8 Å². The Bertz CT molecular complexity index is 812. The first-order valence-corrected chi connectivity index (χ1v) is 11.4. The molecule has 3 atom stereocenters. The lowest BCUT2D eigenvalue weighted by atomic mass is 9.78. The van der Waals surface area contributed by atoms with Gasteiger partial charge in [-0.1, -0.05) is 43.7 Å². The molecule has 168 valence electrons. The van der Waals surface area contributed by atoms with Crippen molar-refractivity contribution in [1.29, 1.82) is 0 Å². The van der Waals surface area contributed by atoms with Crippen LogP contribution in [-0.4, -0.2) is 77.0 Å². The fraction of sp³-hybridized carbons (Fsp3) is 0.611. The molecular weight excluding hydrogens is 411 g/mol. The monoisotopic (exact) mass is 442 g/mol. The predicted octanol–water partition coefficient (Wildman–Crippen LogP) is -0.780. The maximum Gasteiger partial charge on any atom is 0.451 e. The van der Waals surface area contributed by atoms with Crippen molar-refractivity contribution < 1.29 is 28.4 Å². The molecule has 0 aliphatic carbocycles. The van der Waals surface area contributed by atoms with Crippen LogP contribution in [0.2, 0.25) is 6.32 Å². The minimum atomic E-state index is -3.99. The normalized spacial score (nSPS) is 23.6. The standard InChI is InChI=1S/C18H31BN4O6S/c1-2-22(12-16(20)14-7-4-3-5-8-14)30(28,29)23-11-15(9-6-10-19(26)27)18(21,13-23)17(24)25/h3-5,7-8,15-16,26-27H,2,6,9-13,20-21H2,1H3,(H,24,25)/t15-,16+,18-/m0/s1. The zero-order valence-corrected chi connectivity index (χ0v) is 17.9. The van der Waals surface area contributed by atoms with Gasteiger partial charge in [0.25, 0.3) is 10.2 Å². The number of hydrogen-bond acceptors (Lipinski definition) is 7. The fourth-order valence-electron chi connectivity index (χ4n) is 3.78. The van der Waals surface area contributed by atoms with Gasteiger partial charge in [0.1, 0.15) is 5.54 Å². The maximum atomic E-state index is 13.2. The van der Waals surface area contributed by atoms with Gasteiger partial charge in [-0.3, -0.25) is 4.79 Å². The summed E-state index contributed by atoms with van der Waals surface area (Å²) in [6, 6.07) is 8.60. The van der Waals surface area contributed by atoms with Gasteiger partial charge in [-0.25, -0.2) is 0 Å². The van der Waals surface area contributed by atoms with E-state index in [0.717, 1.165) is 9.87 Å². The molecule has 30 heavy (non-hydrogen) atoms. The molecule has 0 radical (unpaired) electrons. The lowest BCUT2D eigenvalue weighted by Crippen LogP contribution is -2.55. The average molecular weight is 442 g/mol. The number of hydrogen-bond donors (Lipinski definition) is 5. The van der Waals surface area contributed by atoms with Crippen molar-refractivity contribution in [2.45, 2.75) is 37.7 Å². The number of carboxylic acids is 1. The zero-order valence-electron chi connectivity index (χ0n) is 17.1. The summed E-state index contributed by atoms with van der Waals surface area (Å²) < 4.78 is 28.8. The largest absolute Gasteiger partial charge is 0.480 e. The number of nitrogens with two attached hydrogens (primary N) is 2. The smallest absolute Gasteiger partial charge is 0.451 e. The Kier molecular flexibility index (Phi) is 8.39. The molecule has 0 saturated carbocycles. The van der Waals surface area contributed by atoms with Crippen LogP contribution in [0.15, 0.2) is 30.3 Å². The van der Waals surface area contributed by atoms with Crippen molar-refractivity contribution in [2.75, 3.05) is 26.2 Å². The first kappa shape index (κ1) is 24.7. The first-order valence-electron chi connectivity index (χ1n) is 9.96. The predicted molar refractivity (Wildman–Crippen MR) is 113 cm³/mol. The second-order valence-corrected chi connectivity index (χ2v) is 9.65. The molecule has 1 aromatic rings. The summed E-state index contributed by atoms with van der Waals surface area (Å²) in [4.78, 5) is 11.8. The molecule has 1 saturated heterocycles. The van der Waals surface area contributed by atoms with Crippen molar-refractivity contribution >= 4 is 23.3 Å². The van der Waals surface area contributed by atoms with Crippen LogP contribution in [-0.2, 0) is 15.0 Å². The van der Waals surface area contributed by atoms with Crippen LogP contribution in [0.4, 0.5) is 0 Å². The molecule has 12 heteroatoms. The summed E-state index contributed by atoms with van der Waals surface area (Å²) in [5, 5.41) is 27.7. The molecule has 1 fully saturated rings. The zero-order chi connectivity index (χ0) is 22.5. The van der Waals surface area contributed by atoms with E-state index in [1.54, 1.807) is 6.92 Å². The van der Waals surface area contributed by atoms with Crippen molar-refractivity contribution in [2.24, 2.45) is 17.4 Å². The molecule has 0 amide bonds. The number of carboxylic acid groups (broad SMARTS) is 1. The van der Waals surface area contributed by atoms with Crippen LogP contribution in [0.3, 0.4) is 0 Å². The second-order valence-electron chi connectivity index (χ2n) is 7.72. The van der Waals surface area contributed by atoms with E-state index in [9.17, 15) is 18.3 Å². The van der Waals surface area contributed by atoms with Gasteiger partial charge in [0.2, 0.25) is 0 Å². The molecule has 1 aliphatic heterocycles. The number of benzene rings is 1. The van der Waals surface area contributed by atoms with Crippen molar-refractivity contribution in [1.82, 2.24) is 8.61 Å². The van der Waals surface area contributed by atoms with Crippen molar-refractivity contribution in [3.05, 3.63) is 35.9 Å². The molecule has 1 heterocycles. The third kappa shape index (κ3) is 5.58. The van der Waals surface area contributed by atoms with Crippen LogP contribution in [0.5, 0.6) is 0 Å². The third-order valence-electron chi connectivity index (χ3n) is 5.64. The van der Waals surface area contributed by atoms with Crippen LogP contribution in [0, 0.1) is 5.92 Å². The lowest BCUT2D eigenvalue weighted by Gasteiger charge is -2.29. The second kappa shape index (κ2) is 10.2. The van der Waals surface area contributed by atoms with Crippen LogP contribution < -0.4 is 11.5 Å². The van der Waals surface area contributed by atoms with Crippen LogP contribution >= 0.6 is 0 Å². The molecule has 0 aromatic heterocycles. The van der Waals surface area contributed by atoms with E-state index in [4.69, 9.17) is 21.5 Å². The summed E-state index contributed by atoms with van der Waals surface area (Å²) >= 11 is 0. The summed E-state index contributed by atoms with van der Waals surface area (Å²) in [7, 11) is -5.49. The Morgan fingerprint density at radius 3 is 2.53 bits per heavy atom. The molecule has 2 rings (SSSR count). The SMILES string of the molecule is CCN(C[C@@H](N)c1ccccc1)S(=O)(=O)N1C[C@H](CCCB(O)O)[C@](N)(C(=O)O)C1. The molecule has 0 bridgehead atoms. The van der Waals surface area contributed by atoms with Gasteiger partial charge < -0.3 is 26.6 Å². The summed E-state index contributed by atoms with van der Waals surface area (Å²) in [5.41, 5.74) is 11.4. The average Bonchev–Trinajstić information content (AvgIpc) is 3.05. The molecule has 10 nitrogen and oxygen atoms in total. The Labute approximate surface area is 177 Å². The van der Waals surface area contributed by atoms with E-state index in [0.29, 0.717) is 6.42 Å². The Morgan fingerprint density at radius 1 is 1.37 bits per heavy atom. The molecule has 1 aromatic carbocycles. The number of likely N-dealkylation sites (N-methyl/N-ethyl adjacent to an activating group) is 1. The summed E-state index contributed by atoms with van der Waals surface area (Å²) in [6.07, 6.45) is 0.646. The number of aliphatic carboxylic acids is 1. The summed E-state index contributed by atoms with van der Waals surface area (Å²) in [5.74, 6) is -1.93. The topological polar surface area (TPSA) is 170 Å². The van der Waals surface area contributed by atoms with E-state index in [2.05, 4.69) is 0 Å². The van der Waals surface area contributed by atoms with Crippen molar-refractivity contribution in [3.8, 4) is 0 Å². The van der Waals surface area contributed by atoms with Gasteiger partial charge in [-0.15, -0.1) is 0 Å². The number of rotatable bonds is 11. The number of carbonyl (C=O) groups is 1. The first-order chi connectivity index (χ1) is 14.0. The highest BCUT2D eigenvalue weighted by molar-refractivity contribution is 7.86. The van der Waals surface area contributed by atoms with E-state index in [-0.39, 0.29) is 38.9 Å². The van der Waals surface area contributed by atoms with Gasteiger partial charge in [-0.2, -0.15) is 17.0 Å². The third-order valence-corrected chi connectivity index (χ3v) is 7.63. The van der Waals surface area contributed by atoms with Gasteiger partial charge in [0, 0.05) is 38.1 Å². The lowest BCUT2D eigenvalue weighted by molar-refractivity contribution is -0.144. The van der Waals surface area contributed by atoms with E-state index in [1.165, 1.54) is 4.31 Å². The Morgan fingerprint density at radius 2 is 2.00 bits per heavy atom. The van der Waals surface area contributed by atoms with Gasteiger partial charge in [0.15, 0.2) is 0 Å². The Hall–Kier alpha value is -1.54. The van der Waals surface area contributed by atoms with Gasteiger partial charge in [0.05, 0.1) is 0 Å². The highest BCUT2D eigenvalue weighted by Crippen LogP contribution is 2.33. The Balaban J connectivity index is 2.17. The highest BCUT2D eigenvalue weighted by Gasteiger charge is 2.53. The number of nitrogens with zero attached hydrogens (tertiary/aromatic N) is 2. The molecule has 1 aliphatic rings. The van der Waals surface area contributed by atoms with Gasteiger partial charge >= 0.3 is 13.1 Å². The van der Waals surface area contributed by atoms with Crippen LogP contribution in [0.25, 0.3) is 0 Å². The van der Waals surface area contributed by atoms with Crippen molar-refractivity contribution in [3.63, 3.8) is 0 Å². The highest BCUT2D eigenvalue weighted by atomic mass is 32.2. The van der Waals surface area contributed by atoms with E-state index >= 15 is 0 Å². The molecular formula is C18H31BN4O6S. The minimum Gasteiger partial charge on any atom is -0.480 e. The quantitative estimate of drug-likeness (QED) is 0.278. The molecule has 0 spiro atoms. The fourth-order valence-corrected chi connectivity index (χ4v) is 5.53.